The molecule has 0 aromatic heterocycles. The molecule has 1 aromatic carbocycles. The Hall–Kier alpha value is -0.780. The van der Waals surface area contributed by atoms with Crippen LogP contribution in [0.2, 0.25) is 0 Å². The first-order chi connectivity index (χ1) is 12.1. The van der Waals surface area contributed by atoms with Gasteiger partial charge in [0.05, 0.1) is 0 Å². The minimum absolute atomic E-state index is 0.230. The van der Waals surface area contributed by atoms with Crippen molar-refractivity contribution in [2.45, 2.75) is 130 Å². The van der Waals surface area contributed by atoms with Crippen molar-refractivity contribution in [1.82, 2.24) is 0 Å². The summed E-state index contributed by atoms with van der Waals surface area (Å²) in [5.74, 6) is 0. The molecule has 0 N–H and O–H groups in total. The zero-order valence-electron chi connectivity index (χ0n) is 19.0. The SMILES string of the molecule is CCCCCCCCCCCCc1cc(C(C)(C)C)cc(C(C)(C)C)c1. The number of hydrogen-bond acceptors (Lipinski definition) is 0. The molecular weight excluding hydrogens is 312 g/mol. The van der Waals surface area contributed by atoms with Gasteiger partial charge in [0, 0.05) is 0 Å². The Balaban J connectivity index is 2.42. The van der Waals surface area contributed by atoms with Crippen molar-refractivity contribution in [3.63, 3.8) is 0 Å². The zero-order valence-corrected chi connectivity index (χ0v) is 19.0. The van der Waals surface area contributed by atoms with Crippen LogP contribution >= 0.6 is 0 Å². The molecule has 26 heavy (non-hydrogen) atoms. The maximum atomic E-state index is 2.46. The van der Waals surface area contributed by atoms with Crippen LogP contribution in [0.5, 0.6) is 0 Å². The summed E-state index contributed by atoms with van der Waals surface area (Å²) >= 11 is 0. The predicted molar refractivity (Wildman–Crippen MR) is 119 cm³/mol. The van der Waals surface area contributed by atoms with Crippen LogP contribution in [0, 0.1) is 0 Å². The van der Waals surface area contributed by atoms with Crippen LogP contribution in [-0.2, 0) is 17.3 Å². The Labute approximate surface area is 165 Å². The van der Waals surface area contributed by atoms with E-state index < -0.39 is 0 Å². The number of rotatable bonds is 11. The smallest absolute Gasteiger partial charge is 0.0132 e. The molecule has 0 heterocycles. The summed E-state index contributed by atoms with van der Waals surface area (Å²) in [7, 11) is 0. The van der Waals surface area contributed by atoms with Crippen LogP contribution in [0.15, 0.2) is 18.2 Å². The molecule has 0 saturated heterocycles. The Bertz CT molecular complexity index is 464. The van der Waals surface area contributed by atoms with Crippen LogP contribution < -0.4 is 0 Å². The van der Waals surface area contributed by atoms with Crippen molar-refractivity contribution in [2.24, 2.45) is 0 Å². The fraction of sp³-hybridized carbons (Fsp3) is 0.769. The van der Waals surface area contributed by atoms with Crippen LogP contribution in [0.25, 0.3) is 0 Å². The van der Waals surface area contributed by atoms with Gasteiger partial charge >= 0.3 is 0 Å². The predicted octanol–water partition coefficient (Wildman–Crippen LogP) is 8.75. The minimum atomic E-state index is 0.230. The van der Waals surface area contributed by atoms with E-state index >= 15 is 0 Å². The van der Waals surface area contributed by atoms with E-state index in [-0.39, 0.29) is 10.8 Å². The molecule has 0 aliphatic heterocycles. The van der Waals surface area contributed by atoms with E-state index in [9.17, 15) is 0 Å². The molecule has 1 aromatic rings. The Morgan fingerprint density at radius 2 is 0.923 bits per heavy atom. The van der Waals surface area contributed by atoms with Gasteiger partial charge in [0.2, 0.25) is 0 Å². The van der Waals surface area contributed by atoms with Gasteiger partial charge in [-0.2, -0.15) is 0 Å². The van der Waals surface area contributed by atoms with Crippen LogP contribution in [0.1, 0.15) is 129 Å². The molecule has 0 fully saturated rings. The van der Waals surface area contributed by atoms with Crippen molar-refractivity contribution >= 4 is 0 Å². The zero-order chi connectivity index (χ0) is 19.6. The molecule has 0 amide bonds. The lowest BCUT2D eigenvalue weighted by Crippen LogP contribution is -2.17. The molecule has 0 saturated carbocycles. The first kappa shape index (κ1) is 23.3. The van der Waals surface area contributed by atoms with Crippen molar-refractivity contribution in [1.29, 1.82) is 0 Å². The highest BCUT2D eigenvalue weighted by Crippen LogP contribution is 2.30. The summed E-state index contributed by atoms with van der Waals surface area (Å²) in [5.41, 5.74) is 4.99. The van der Waals surface area contributed by atoms with Gasteiger partial charge in [-0.1, -0.05) is 124 Å². The summed E-state index contributed by atoms with van der Waals surface area (Å²) < 4.78 is 0. The molecule has 0 spiro atoms. The van der Waals surface area contributed by atoms with Gasteiger partial charge in [0.1, 0.15) is 0 Å². The molecule has 0 radical (unpaired) electrons. The Morgan fingerprint density at radius 1 is 0.538 bits per heavy atom. The lowest BCUT2D eigenvalue weighted by atomic mass is 9.79. The van der Waals surface area contributed by atoms with E-state index in [1.807, 2.05) is 0 Å². The topological polar surface area (TPSA) is 0 Å². The molecule has 0 nitrogen and oxygen atoms in total. The third kappa shape index (κ3) is 9.24. The van der Waals surface area contributed by atoms with E-state index in [1.54, 1.807) is 5.56 Å². The second-order valence-electron chi connectivity index (χ2n) is 10.4. The number of unbranched alkanes of at least 4 members (excludes halogenated alkanes) is 9. The van der Waals surface area contributed by atoms with Crippen molar-refractivity contribution in [3.8, 4) is 0 Å². The van der Waals surface area contributed by atoms with Gasteiger partial charge in [0.15, 0.2) is 0 Å². The third-order valence-electron chi connectivity index (χ3n) is 5.54. The molecular formula is C26H46. The molecule has 0 atom stereocenters. The summed E-state index contributed by atoms with van der Waals surface area (Å²) in [5, 5.41) is 0. The van der Waals surface area contributed by atoms with Crippen LogP contribution in [-0.4, -0.2) is 0 Å². The molecule has 0 aliphatic rings. The Kier molecular flexibility index (Phi) is 9.98. The maximum absolute atomic E-state index is 2.46. The molecule has 0 aliphatic carbocycles. The van der Waals surface area contributed by atoms with Crippen LogP contribution in [0.3, 0.4) is 0 Å². The first-order valence-corrected chi connectivity index (χ1v) is 11.3. The standard InChI is InChI=1S/C26H46/c1-8-9-10-11-12-13-14-15-16-17-18-22-19-23(25(2,3)4)21-24(20-22)26(5,6)7/h19-21H,8-18H2,1-7H3. The quantitative estimate of drug-likeness (QED) is 0.347. The average molecular weight is 359 g/mol. The summed E-state index contributed by atoms with van der Waals surface area (Å²) in [6, 6.07) is 7.36. The molecule has 150 valence electrons. The minimum Gasteiger partial charge on any atom is -0.0654 e. The van der Waals surface area contributed by atoms with Gasteiger partial charge in [0.25, 0.3) is 0 Å². The maximum Gasteiger partial charge on any atom is -0.0132 e. The third-order valence-corrected chi connectivity index (χ3v) is 5.54. The van der Waals surface area contributed by atoms with Gasteiger partial charge in [-0.3, -0.25) is 0 Å². The molecule has 1 rings (SSSR count). The largest absolute Gasteiger partial charge is 0.0654 e. The number of benzene rings is 1. The lowest BCUT2D eigenvalue weighted by molar-refractivity contribution is 0.553. The highest BCUT2D eigenvalue weighted by Gasteiger charge is 2.20. The van der Waals surface area contributed by atoms with E-state index in [0.717, 1.165) is 0 Å². The van der Waals surface area contributed by atoms with E-state index in [4.69, 9.17) is 0 Å². The highest BCUT2D eigenvalue weighted by atomic mass is 14.2. The van der Waals surface area contributed by atoms with Gasteiger partial charge in [-0.15, -0.1) is 0 Å². The van der Waals surface area contributed by atoms with Crippen molar-refractivity contribution in [2.75, 3.05) is 0 Å². The van der Waals surface area contributed by atoms with Crippen molar-refractivity contribution in [3.05, 3.63) is 34.9 Å². The first-order valence-electron chi connectivity index (χ1n) is 11.3. The monoisotopic (exact) mass is 358 g/mol. The highest BCUT2D eigenvalue weighted by molar-refractivity contribution is 5.37. The summed E-state index contributed by atoms with van der Waals surface area (Å²) in [6.45, 7) is 16.3. The molecule has 0 unspecified atom stereocenters. The van der Waals surface area contributed by atoms with E-state index in [0.29, 0.717) is 0 Å². The van der Waals surface area contributed by atoms with E-state index in [1.165, 1.54) is 81.8 Å². The number of aryl methyl sites for hydroxylation is 1. The van der Waals surface area contributed by atoms with Gasteiger partial charge in [-0.05, 0) is 40.4 Å². The number of hydrogen-bond donors (Lipinski definition) is 0. The summed E-state index contributed by atoms with van der Waals surface area (Å²) in [4.78, 5) is 0. The van der Waals surface area contributed by atoms with Crippen molar-refractivity contribution < 1.29 is 0 Å². The fourth-order valence-corrected chi connectivity index (χ4v) is 3.52. The molecule has 0 bridgehead atoms. The second kappa shape index (κ2) is 11.2. The van der Waals surface area contributed by atoms with Gasteiger partial charge < -0.3 is 0 Å². The average Bonchev–Trinajstić information content (AvgIpc) is 2.54. The normalized spacial score (nSPS) is 12.6. The van der Waals surface area contributed by atoms with Gasteiger partial charge in [-0.25, -0.2) is 0 Å². The lowest BCUT2D eigenvalue weighted by Gasteiger charge is -2.26. The van der Waals surface area contributed by atoms with Crippen LogP contribution in [0.4, 0.5) is 0 Å². The fourth-order valence-electron chi connectivity index (χ4n) is 3.52. The summed E-state index contributed by atoms with van der Waals surface area (Å²) in [6.07, 6.45) is 15.4. The second-order valence-corrected chi connectivity index (χ2v) is 10.4. The Morgan fingerprint density at radius 3 is 1.31 bits per heavy atom. The molecule has 0 heteroatoms. The van der Waals surface area contributed by atoms with E-state index in [2.05, 4.69) is 66.7 Å².